The third kappa shape index (κ3) is 3.37. The summed E-state index contributed by atoms with van der Waals surface area (Å²) in [7, 11) is 0. The van der Waals surface area contributed by atoms with Crippen LogP contribution in [0.4, 0.5) is 8.78 Å². The van der Waals surface area contributed by atoms with Gasteiger partial charge in [-0.1, -0.05) is 11.2 Å². The number of fused-ring (bicyclic) bond motifs is 1. The quantitative estimate of drug-likeness (QED) is 0.873. The van der Waals surface area contributed by atoms with Crippen LogP contribution in [0.3, 0.4) is 0 Å². The summed E-state index contributed by atoms with van der Waals surface area (Å²) in [5.74, 6) is -0.344. The number of oxime groups is 1. The van der Waals surface area contributed by atoms with Crippen molar-refractivity contribution in [3.05, 3.63) is 59.2 Å². The fourth-order valence-corrected chi connectivity index (χ4v) is 3.14. The number of ether oxygens (including phenoxy) is 2. The van der Waals surface area contributed by atoms with E-state index in [1.807, 2.05) is 26.0 Å². The van der Waals surface area contributed by atoms with Crippen molar-refractivity contribution in [2.24, 2.45) is 5.16 Å². The van der Waals surface area contributed by atoms with Crippen molar-refractivity contribution in [2.75, 3.05) is 6.79 Å². The zero-order chi connectivity index (χ0) is 19.9. The van der Waals surface area contributed by atoms with E-state index in [9.17, 15) is 13.6 Å². The standard InChI is InChI=1S/C20H18F2N2O4/c1-20(2,11-3-6-16-17(7-11)27-10-26-16)23-19(25)18-9-15(24-28-18)13-8-12(21)4-5-14(13)22/h3-8,18H,9-10H2,1-2H3,(H,23,25). The van der Waals surface area contributed by atoms with E-state index in [0.717, 1.165) is 23.8 Å². The van der Waals surface area contributed by atoms with E-state index in [-0.39, 0.29) is 24.5 Å². The first-order valence-electron chi connectivity index (χ1n) is 8.74. The Morgan fingerprint density at radius 2 is 1.93 bits per heavy atom. The molecule has 0 fully saturated rings. The molecule has 2 aliphatic heterocycles. The molecule has 6 nitrogen and oxygen atoms in total. The van der Waals surface area contributed by atoms with Gasteiger partial charge in [-0.15, -0.1) is 0 Å². The van der Waals surface area contributed by atoms with Crippen LogP contribution < -0.4 is 14.8 Å². The van der Waals surface area contributed by atoms with Gasteiger partial charge in [-0.3, -0.25) is 4.79 Å². The third-order valence-electron chi connectivity index (χ3n) is 4.73. The van der Waals surface area contributed by atoms with Crippen LogP contribution in [0, 0.1) is 11.6 Å². The van der Waals surface area contributed by atoms with Crippen LogP contribution in [-0.2, 0) is 15.2 Å². The van der Waals surface area contributed by atoms with E-state index >= 15 is 0 Å². The number of benzene rings is 2. The summed E-state index contributed by atoms with van der Waals surface area (Å²) in [5.41, 5.74) is 0.276. The minimum Gasteiger partial charge on any atom is -0.454 e. The molecule has 0 aromatic heterocycles. The SMILES string of the molecule is CC(C)(NC(=O)C1CC(c2cc(F)ccc2F)=NO1)c1ccc2c(c1)OCO2. The van der Waals surface area contributed by atoms with Crippen molar-refractivity contribution < 1.29 is 27.9 Å². The van der Waals surface area contributed by atoms with Crippen molar-refractivity contribution in [1.29, 1.82) is 0 Å². The second kappa shape index (κ2) is 6.78. The molecule has 1 N–H and O–H groups in total. The van der Waals surface area contributed by atoms with E-state index in [4.69, 9.17) is 14.3 Å². The van der Waals surface area contributed by atoms with Gasteiger partial charge in [0.1, 0.15) is 11.6 Å². The average molecular weight is 388 g/mol. The molecule has 1 atom stereocenters. The molecule has 4 rings (SSSR count). The van der Waals surface area contributed by atoms with E-state index in [0.29, 0.717) is 11.5 Å². The predicted octanol–water partition coefficient (Wildman–Crippen LogP) is 3.24. The maximum Gasteiger partial charge on any atom is 0.265 e. The number of amides is 1. The summed E-state index contributed by atoms with van der Waals surface area (Å²) in [6, 6.07) is 8.51. The number of carbonyl (C=O) groups is 1. The van der Waals surface area contributed by atoms with Crippen LogP contribution in [-0.4, -0.2) is 24.5 Å². The van der Waals surface area contributed by atoms with Crippen molar-refractivity contribution in [3.63, 3.8) is 0 Å². The van der Waals surface area contributed by atoms with Crippen LogP contribution >= 0.6 is 0 Å². The van der Waals surface area contributed by atoms with Gasteiger partial charge in [0.15, 0.2) is 11.5 Å². The highest BCUT2D eigenvalue weighted by atomic mass is 19.1. The van der Waals surface area contributed by atoms with Crippen LogP contribution in [0.15, 0.2) is 41.6 Å². The van der Waals surface area contributed by atoms with Gasteiger partial charge in [-0.2, -0.15) is 0 Å². The first-order valence-corrected chi connectivity index (χ1v) is 8.74. The Labute approximate surface area is 160 Å². The Hall–Kier alpha value is -3.16. The van der Waals surface area contributed by atoms with Crippen LogP contribution in [0.1, 0.15) is 31.4 Å². The maximum absolute atomic E-state index is 13.9. The summed E-state index contributed by atoms with van der Waals surface area (Å²) in [6.07, 6.45) is -0.880. The Balaban J connectivity index is 1.45. The minimum atomic E-state index is -0.925. The number of rotatable bonds is 4. The highest BCUT2D eigenvalue weighted by molar-refractivity contribution is 6.04. The molecule has 2 aliphatic rings. The molecule has 0 saturated carbocycles. The highest BCUT2D eigenvalue weighted by Gasteiger charge is 2.34. The van der Waals surface area contributed by atoms with E-state index in [2.05, 4.69) is 10.5 Å². The van der Waals surface area contributed by atoms with Gasteiger partial charge < -0.3 is 19.6 Å². The monoisotopic (exact) mass is 388 g/mol. The van der Waals surface area contributed by atoms with Gasteiger partial charge in [0, 0.05) is 12.0 Å². The van der Waals surface area contributed by atoms with Crippen LogP contribution in [0.2, 0.25) is 0 Å². The van der Waals surface area contributed by atoms with Crippen LogP contribution in [0.5, 0.6) is 11.5 Å². The predicted molar refractivity (Wildman–Crippen MR) is 96.1 cm³/mol. The van der Waals surface area contributed by atoms with Crippen molar-refractivity contribution in [1.82, 2.24) is 5.32 Å². The van der Waals surface area contributed by atoms with Gasteiger partial charge in [0.2, 0.25) is 12.9 Å². The normalized spacial score (nSPS) is 17.9. The Kier molecular flexibility index (Phi) is 4.41. The Morgan fingerprint density at radius 1 is 1.14 bits per heavy atom. The zero-order valence-corrected chi connectivity index (χ0v) is 15.3. The van der Waals surface area contributed by atoms with Crippen LogP contribution in [0.25, 0.3) is 0 Å². The second-order valence-corrected chi connectivity index (χ2v) is 7.14. The summed E-state index contributed by atoms with van der Waals surface area (Å²) in [4.78, 5) is 17.8. The first kappa shape index (κ1) is 18.2. The molecule has 2 aromatic carbocycles. The molecule has 0 radical (unpaired) electrons. The Bertz CT molecular complexity index is 975. The van der Waals surface area contributed by atoms with Gasteiger partial charge >= 0.3 is 0 Å². The number of hydrogen-bond donors (Lipinski definition) is 1. The molecule has 0 bridgehead atoms. The Morgan fingerprint density at radius 3 is 2.75 bits per heavy atom. The highest BCUT2D eigenvalue weighted by Crippen LogP contribution is 2.35. The maximum atomic E-state index is 13.9. The van der Waals surface area contributed by atoms with Gasteiger partial charge in [-0.05, 0) is 49.7 Å². The molecule has 0 spiro atoms. The van der Waals surface area contributed by atoms with E-state index in [1.165, 1.54) is 0 Å². The van der Waals surface area contributed by atoms with Gasteiger partial charge in [-0.25, -0.2) is 8.78 Å². The molecule has 2 aromatic rings. The van der Waals surface area contributed by atoms with Crippen molar-refractivity contribution in [2.45, 2.75) is 31.9 Å². The molecule has 1 unspecified atom stereocenters. The van der Waals surface area contributed by atoms with Gasteiger partial charge in [0.25, 0.3) is 5.91 Å². The number of carbonyl (C=O) groups excluding carboxylic acids is 1. The van der Waals surface area contributed by atoms with Crippen molar-refractivity contribution in [3.8, 4) is 11.5 Å². The fourth-order valence-electron chi connectivity index (χ4n) is 3.14. The largest absolute Gasteiger partial charge is 0.454 e. The molecular formula is C20H18F2N2O4. The van der Waals surface area contributed by atoms with E-state index < -0.39 is 29.2 Å². The molecule has 0 aliphatic carbocycles. The smallest absolute Gasteiger partial charge is 0.265 e. The average Bonchev–Trinajstić information content (AvgIpc) is 3.31. The lowest BCUT2D eigenvalue weighted by Gasteiger charge is -2.28. The summed E-state index contributed by atoms with van der Waals surface area (Å²) in [5, 5.41) is 6.68. The van der Waals surface area contributed by atoms with Crippen molar-refractivity contribution >= 4 is 11.6 Å². The lowest BCUT2D eigenvalue weighted by atomic mass is 9.93. The molecule has 28 heavy (non-hydrogen) atoms. The summed E-state index contributed by atoms with van der Waals surface area (Å²) >= 11 is 0. The molecule has 1 amide bonds. The third-order valence-corrected chi connectivity index (χ3v) is 4.73. The second-order valence-electron chi connectivity index (χ2n) is 7.14. The lowest BCUT2D eigenvalue weighted by Crippen LogP contribution is -2.46. The number of hydrogen-bond acceptors (Lipinski definition) is 5. The molecule has 0 saturated heterocycles. The number of halogens is 2. The van der Waals surface area contributed by atoms with E-state index in [1.54, 1.807) is 6.07 Å². The summed E-state index contributed by atoms with van der Waals surface area (Å²) < 4.78 is 38.0. The topological polar surface area (TPSA) is 69.2 Å². The number of nitrogens with zero attached hydrogens (tertiary/aromatic N) is 1. The lowest BCUT2D eigenvalue weighted by molar-refractivity contribution is -0.133. The van der Waals surface area contributed by atoms with Gasteiger partial charge in [0.05, 0.1) is 11.3 Å². The molecular weight excluding hydrogens is 370 g/mol. The number of nitrogens with one attached hydrogen (secondary N) is 1. The zero-order valence-electron chi connectivity index (χ0n) is 15.3. The fraction of sp³-hybridized carbons (Fsp3) is 0.300. The minimum absolute atomic E-state index is 0.00895. The summed E-state index contributed by atoms with van der Waals surface area (Å²) in [6.45, 7) is 3.84. The molecule has 146 valence electrons. The first-order chi connectivity index (χ1) is 13.3. The molecule has 8 heteroatoms. The molecule has 2 heterocycles.